The van der Waals surface area contributed by atoms with Crippen molar-refractivity contribution < 1.29 is 18.3 Å². The lowest BCUT2D eigenvalue weighted by Gasteiger charge is -2.34. The number of sulfone groups is 1. The van der Waals surface area contributed by atoms with Crippen molar-refractivity contribution in [2.24, 2.45) is 0 Å². The Hall–Kier alpha value is -2.56. The molecule has 2 saturated heterocycles. The molecule has 4 heterocycles. The van der Waals surface area contributed by atoms with Crippen LogP contribution in [0.3, 0.4) is 0 Å². The van der Waals surface area contributed by atoms with Gasteiger partial charge in [-0.3, -0.25) is 4.57 Å². The first-order valence-electron chi connectivity index (χ1n) is 10.5. The van der Waals surface area contributed by atoms with Crippen molar-refractivity contribution in [3.05, 3.63) is 41.9 Å². The van der Waals surface area contributed by atoms with Crippen LogP contribution in [-0.4, -0.2) is 64.6 Å². The van der Waals surface area contributed by atoms with E-state index in [1.807, 2.05) is 24.3 Å². The lowest BCUT2D eigenvalue weighted by atomic mass is 10.2. The number of fused-ring (bicyclic) bond motifs is 1. The Bertz CT molecular complexity index is 1230. The molecule has 0 saturated carbocycles. The van der Waals surface area contributed by atoms with Gasteiger partial charge in [-0.1, -0.05) is 12.1 Å². The first-order chi connectivity index (χ1) is 15.0. The van der Waals surface area contributed by atoms with E-state index in [-0.39, 0.29) is 18.4 Å². The average molecular weight is 444 g/mol. The standard InChI is InChI=1S/C21H25N5O4S/c1-14-13-30-9-8-25(14)19-11-16(18-7-4-10-31(18,28)29)23-21(24-19)26-17-6-3-2-5-15(17)22-20(26)12-27/h2-3,5-6,11,14,18,27H,4,7-10,12-13H2,1H3/t14-,18+/m1/s1. The second-order valence-electron chi connectivity index (χ2n) is 8.08. The van der Waals surface area contributed by atoms with E-state index in [1.54, 1.807) is 10.6 Å². The van der Waals surface area contributed by atoms with Gasteiger partial charge >= 0.3 is 0 Å². The van der Waals surface area contributed by atoms with E-state index in [0.717, 1.165) is 11.0 Å². The molecule has 5 rings (SSSR count). The van der Waals surface area contributed by atoms with Crippen molar-refractivity contribution in [2.75, 3.05) is 30.4 Å². The number of morpholine rings is 1. The first-order valence-corrected chi connectivity index (χ1v) is 12.2. The Morgan fingerprint density at radius 3 is 2.81 bits per heavy atom. The van der Waals surface area contributed by atoms with E-state index in [0.29, 0.717) is 55.9 Å². The second kappa shape index (κ2) is 7.85. The van der Waals surface area contributed by atoms with Gasteiger partial charge in [-0.05, 0) is 31.9 Å². The SMILES string of the molecule is C[C@@H]1COCCN1c1cc([C@@H]2CCCS2(=O)=O)nc(-n2c(CO)nc3ccccc32)n1. The van der Waals surface area contributed by atoms with Crippen molar-refractivity contribution in [1.29, 1.82) is 0 Å². The van der Waals surface area contributed by atoms with E-state index in [1.165, 1.54) is 0 Å². The van der Waals surface area contributed by atoms with Gasteiger partial charge in [0, 0.05) is 12.6 Å². The lowest BCUT2D eigenvalue weighted by Crippen LogP contribution is -2.44. The number of rotatable bonds is 4. The molecule has 2 atom stereocenters. The third kappa shape index (κ3) is 3.58. The number of anilines is 1. The summed E-state index contributed by atoms with van der Waals surface area (Å²) in [6.45, 7) is 3.58. The highest BCUT2D eigenvalue weighted by atomic mass is 32.2. The molecule has 1 aromatic carbocycles. The van der Waals surface area contributed by atoms with Crippen LogP contribution in [0.25, 0.3) is 17.0 Å². The molecule has 0 aliphatic carbocycles. The second-order valence-corrected chi connectivity index (χ2v) is 10.4. The van der Waals surface area contributed by atoms with Gasteiger partial charge in [-0.15, -0.1) is 0 Å². The number of ether oxygens (including phenoxy) is 1. The van der Waals surface area contributed by atoms with E-state index in [9.17, 15) is 13.5 Å². The Morgan fingerprint density at radius 1 is 1.23 bits per heavy atom. The number of nitrogens with zero attached hydrogens (tertiary/aromatic N) is 5. The number of aliphatic hydroxyl groups is 1. The zero-order chi connectivity index (χ0) is 21.6. The van der Waals surface area contributed by atoms with Crippen molar-refractivity contribution in [3.8, 4) is 5.95 Å². The smallest absolute Gasteiger partial charge is 0.237 e. The van der Waals surface area contributed by atoms with Crippen LogP contribution in [0.2, 0.25) is 0 Å². The van der Waals surface area contributed by atoms with Gasteiger partial charge in [0.1, 0.15) is 23.5 Å². The molecule has 0 unspecified atom stereocenters. The molecule has 2 aliphatic heterocycles. The topological polar surface area (TPSA) is 110 Å². The van der Waals surface area contributed by atoms with Crippen LogP contribution in [0.5, 0.6) is 0 Å². The van der Waals surface area contributed by atoms with Crippen molar-refractivity contribution in [3.63, 3.8) is 0 Å². The summed E-state index contributed by atoms with van der Waals surface area (Å²) in [6, 6.07) is 9.42. The number of hydrogen-bond donors (Lipinski definition) is 1. The van der Waals surface area contributed by atoms with Crippen molar-refractivity contribution in [1.82, 2.24) is 19.5 Å². The number of para-hydroxylation sites is 2. The summed E-state index contributed by atoms with van der Waals surface area (Å²) in [6.07, 6.45) is 1.18. The number of benzene rings is 1. The number of aliphatic hydroxyl groups excluding tert-OH is 1. The molecule has 1 N–H and O–H groups in total. The molecule has 2 fully saturated rings. The molecule has 10 heteroatoms. The molecule has 3 aromatic rings. The van der Waals surface area contributed by atoms with E-state index in [4.69, 9.17) is 14.7 Å². The third-order valence-electron chi connectivity index (χ3n) is 6.01. The predicted octanol–water partition coefficient (Wildman–Crippen LogP) is 1.78. The van der Waals surface area contributed by atoms with Gasteiger partial charge < -0.3 is 14.7 Å². The summed E-state index contributed by atoms with van der Waals surface area (Å²) in [5, 5.41) is 9.30. The monoisotopic (exact) mass is 443 g/mol. The van der Waals surface area contributed by atoms with Gasteiger partial charge in [0.25, 0.3) is 0 Å². The Kier molecular flexibility index (Phi) is 5.15. The quantitative estimate of drug-likeness (QED) is 0.650. The third-order valence-corrected chi connectivity index (χ3v) is 8.21. The molecule has 0 bridgehead atoms. The van der Waals surface area contributed by atoms with Crippen molar-refractivity contribution >= 4 is 26.7 Å². The van der Waals surface area contributed by atoms with E-state index < -0.39 is 15.1 Å². The molecule has 164 valence electrons. The van der Waals surface area contributed by atoms with Crippen LogP contribution < -0.4 is 4.90 Å². The fraction of sp³-hybridized carbons (Fsp3) is 0.476. The maximum absolute atomic E-state index is 12.7. The average Bonchev–Trinajstić information content (AvgIpc) is 3.32. The predicted molar refractivity (Wildman–Crippen MR) is 116 cm³/mol. The summed E-state index contributed by atoms with van der Waals surface area (Å²) in [7, 11) is -3.25. The molecule has 31 heavy (non-hydrogen) atoms. The fourth-order valence-corrected chi connectivity index (χ4v) is 6.32. The number of aromatic nitrogens is 4. The van der Waals surface area contributed by atoms with Gasteiger partial charge in [-0.2, -0.15) is 4.98 Å². The summed E-state index contributed by atoms with van der Waals surface area (Å²) in [5.74, 6) is 1.58. The van der Waals surface area contributed by atoms with E-state index in [2.05, 4.69) is 16.8 Å². The molecule has 0 radical (unpaired) electrons. The maximum atomic E-state index is 12.7. The summed E-state index contributed by atoms with van der Waals surface area (Å²) in [4.78, 5) is 16.1. The zero-order valence-electron chi connectivity index (χ0n) is 17.3. The molecule has 0 spiro atoms. The Morgan fingerprint density at radius 2 is 2.06 bits per heavy atom. The van der Waals surface area contributed by atoms with Gasteiger partial charge in [-0.25, -0.2) is 18.4 Å². The van der Waals surface area contributed by atoms with E-state index >= 15 is 0 Å². The Balaban J connectivity index is 1.72. The highest BCUT2D eigenvalue weighted by Gasteiger charge is 2.35. The highest BCUT2D eigenvalue weighted by molar-refractivity contribution is 7.91. The van der Waals surface area contributed by atoms with Crippen LogP contribution in [-0.2, 0) is 21.2 Å². The summed E-state index contributed by atoms with van der Waals surface area (Å²) in [5.41, 5.74) is 1.98. The van der Waals surface area contributed by atoms with Crippen LogP contribution >= 0.6 is 0 Å². The minimum absolute atomic E-state index is 0.0985. The normalized spacial score (nSPS) is 23.5. The maximum Gasteiger partial charge on any atom is 0.237 e. The molecular formula is C21H25N5O4S. The highest BCUT2D eigenvalue weighted by Crippen LogP contribution is 2.36. The van der Waals surface area contributed by atoms with Crippen LogP contribution in [0.15, 0.2) is 30.3 Å². The van der Waals surface area contributed by atoms with Gasteiger partial charge in [0.15, 0.2) is 9.84 Å². The molecule has 2 aromatic heterocycles. The first kappa shape index (κ1) is 20.3. The minimum Gasteiger partial charge on any atom is -0.388 e. The zero-order valence-corrected chi connectivity index (χ0v) is 18.1. The Labute approximate surface area is 180 Å². The molecule has 9 nitrogen and oxygen atoms in total. The number of imidazole rings is 1. The van der Waals surface area contributed by atoms with Crippen LogP contribution in [0.4, 0.5) is 5.82 Å². The molecule has 0 amide bonds. The summed E-state index contributed by atoms with van der Waals surface area (Å²) < 4.78 is 32.7. The van der Waals surface area contributed by atoms with Gasteiger partial charge in [0.05, 0.1) is 41.7 Å². The molecular weight excluding hydrogens is 418 g/mol. The largest absolute Gasteiger partial charge is 0.388 e. The fourth-order valence-electron chi connectivity index (χ4n) is 4.45. The van der Waals surface area contributed by atoms with Crippen molar-refractivity contribution in [2.45, 2.75) is 37.7 Å². The van der Waals surface area contributed by atoms with Crippen LogP contribution in [0.1, 0.15) is 36.5 Å². The van der Waals surface area contributed by atoms with Crippen LogP contribution in [0, 0.1) is 0 Å². The summed E-state index contributed by atoms with van der Waals surface area (Å²) >= 11 is 0. The number of hydrogen-bond acceptors (Lipinski definition) is 8. The lowest BCUT2D eigenvalue weighted by molar-refractivity contribution is 0.0985. The minimum atomic E-state index is -3.25. The van der Waals surface area contributed by atoms with Gasteiger partial charge in [0.2, 0.25) is 5.95 Å². The molecule has 2 aliphatic rings.